The molecule has 104 valence electrons. The lowest BCUT2D eigenvalue weighted by Crippen LogP contribution is -2.16. The van der Waals surface area contributed by atoms with Crippen LogP contribution in [-0.4, -0.2) is 21.1 Å². The summed E-state index contributed by atoms with van der Waals surface area (Å²) in [5, 5.41) is 10.5. The minimum atomic E-state index is -0.679. The van der Waals surface area contributed by atoms with Crippen molar-refractivity contribution in [2.45, 2.75) is 19.8 Å². The molecule has 0 aliphatic heterocycles. The lowest BCUT2D eigenvalue weighted by molar-refractivity contribution is 0.0995. The molecule has 0 spiro atoms. The predicted octanol–water partition coefficient (Wildman–Crippen LogP) is 2.32. The number of nitrogens with one attached hydrogen (secondary N) is 1. The smallest absolute Gasteiger partial charge is 0.271 e. The minimum Gasteiger partial charge on any atom is -0.364 e. The van der Waals surface area contributed by atoms with Crippen LogP contribution in [0.15, 0.2) is 24.3 Å². The van der Waals surface area contributed by atoms with Crippen LogP contribution in [0.1, 0.15) is 29.5 Å². The first-order chi connectivity index (χ1) is 9.60. The Morgan fingerprint density at radius 1 is 1.40 bits per heavy atom. The summed E-state index contributed by atoms with van der Waals surface area (Å²) >= 11 is 5.78. The van der Waals surface area contributed by atoms with Crippen molar-refractivity contribution < 1.29 is 4.79 Å². The maximum absolute atomic E-state index is 11.3. The number of carbonyl (C=O) groups is 1. The van der Waals surface area contributed by atoms with Gasteiger partial charge in [0.25, 0.3) is 5.91 Å². The van der Waals surface area contributed by atoms with Crippen LogP contribution in [0.4, 0.5) is 11.5 Å². The molecule has 0 saturated heterocycles. The maximum atomic E-state index is 11.3. The van der Waals surface area contributed by atoms with E-state index in [1.54, 1.807) is 6.07 Å². The first-order valence-corrected chi connectivity index (χ1v) is 6.54. The van der Waals surface area contributed by atoms with Gasteiger partial charge in [-0.05, 0) is 18.6 Å². The van der Waals surface area contributed by atoms with Crippen molar-refractivity contribution in [1.29, 1.82) is 0 Å². The van der Waals surface area contributed by atoms with E-state index in [0.717, 1.165) is 18.5 Å². The summed E-state index contributed by atoms with van der Waals surface area (Å²) < 4.78 is 0. The highest BCUT2D eigenvalue weighted by atomic mass is 35.5. The Morgan fingerprint density at radius 2 is 2.20 bits per heavy atom. The number of hydrogen-bond acceptors (Lipinski definition) is 5. The zero-order valence-corrected chi connectivity index (χ0v) is 11.7. The average molecular weight is 292 g/mol. The third-order valence-electron chi connectivity index (χ3n) is 2.57. The molecule has 1 amide bonds. The van der Waals surface area contributed by atoms with Gasteiger partial charge in [-0.2, -0.15) is 0 Å². The monoisotopic (exact) mass is 291 g/mol. The summed E-state index contributed by atoms with van der Waals surface area (Å²) in [6.07, 6.45) is 1.89. The number of aromatic nitrogens is 3. The number of halogens is 1. The maximum Gasteiger partial charge on any atom is 0.271 e. The van der Waals surface area contributed by atoms with Crippen LogP contribution in [0.25, 0.3) is 0 Å². The number of primary amides is 1. The Hall–Kier alpha value is -2.21. The second kappa shape index (κ2) is 6.29. The van der Waals surface area contributed by atoms with Gasteiger partial charge in [0.15, 0.2) is 10.8 Å². The molecule has 0 bridgehead atoms. The molecule has 0 radical (unpaired) electrons. The molecule has 0 aliphatic carbocycles. The van der Waals surface area contributed by atoms with Crippen LogP contribution in [0, 0.1) is 0 Å². The molecule has 0 aromatic carbocycles. The molecule has 20 heavy (non-hydrogen) atoms. The molecule has 0 saturated carbocycles. The van der Waals surface area contributed by atoms with Crippen molar-refractivity contribution in [3.8, 4) is 0 Å². The van der Waals surface area contributed by atoms with Crippen LogP contribution < -0.4 is 11.1 Å². The number of rotatable bonds is 5. The Bertz CT molecular complexity index is 632. The summed E-state index contributed by atoms with van der Waals surface area (Å²) in [5.74, 6) is -0.0797. The predicted molar refractivity (Wildman–Crippen MR) is 77.1 cm³/mol. The van der Waals surface area contributed by atoms with Crippen molar-refractivity contribution in [3.05, 3.63) is 40.8 Å². The molecular formula is C13H14ClN5O. The van der Waals surface area contributed by atoms with E-state index in [2.05, 4.69) is 27.4 Å². The number of nitrogens with zero attached hydrogens (tertiary/aromatic N) is 3. The molecule has 0 unspecified atom stereocenters. The van der Waals surface area contributed by atoms with E-state index in [4.69, 9.17) is 17.3 Å². The largest absolute Gasteiger partial charge is 0.364 e. The molecule has 0 aliphatic rings. The first kappa shape index (κ1) is 14.2. The second-order valence-electron chi connectivity index (χ2n) is 4.18. The van der Waals surface area contributed by atoms with E-state index in [9.17, 15) is 4.79 Å². The van der Waals surface area contributed by atoms with Crippen molar-refractivity contribution in [2.24, 2.45) is 5.73 Å². The van der Waals surface area contributed by atoms with Crippen LogP contribution in [0.2, 0.25) is 5.15 Å². The van der Waals surface area contributed by atoms with Gasteiger partial charge in [-0.15, -0.1) is 10.2 Å². The summed E-state index contributed by atoms with van der Waals surface area (Å²) in [6, 6.07) is 7.11. The Kier molecular flexibility index (Phi) is 4.47. The van der Waals surface area contributed by atoms with Gasteiger partial charge in [0.05, 0.1) is 5.69 Å². The van der Waals surface area contributed by atoms with E-state index in [1.807, 2.05) is 12.1 Å². The fourth-order valence-electron chi connectivity index (χ4n) is 1.73. The normalized spacial score (nSPS) is 10.3. The lowest BCUT2D eigenvalue weighted by Gasteiger charge is -2.09. The molecular weight excluding hydrogens is 278 g/mol. The average Bonchev–Trinajstić information content (AvgIpc) is 2.39. The topological polar surface area (TPSA) is 93.8 Å². The molecule has 2 aromatic rings. The van der Waals surface area contributed by atoms with E-state index in [0.29, 0.717) is 11.5 Å². The van der Waals surface area contributed by atoms with Crippen molar-refractivity contribution in [1.82, 2.24) is 15.2 Å². The third kappa shape index (κ3) is 3.42. The number of carbonyl (C=O) groups excluding carboxylic acids is 1. The highest BCUT2D eigenvalue weighted by Crippen LogP contribution is 2.20. The minimum absolute atomic E-state index is 0.0251. The highest BCUT2D eigenvalue weighted by Gasteiger charge is 2.12. The lowest BCUT2D eigenvalue weighted by atomic mass is 10.2. The van der Waals surface area contributed by atoms with Crippen molar-refractivity contribution >= 4 is 29.0 Å². The number of pyridine rings is 1. The fraction of sp³-hybridized carbons (Fsp3) is 0.231. The SMILES string of the molecule is CCCc1cccc(Nc2cc(Cl)nnc2C(N)=O)n1. The van der Waals surface area contributed by atoms with Crippen LogP contribution >= 0.6 is 11.6 Å². The summed E-state index contributed by atoms with van der Waals surface area (Å²) in [5.41, 5.74) is 6.63. The Labute approximate surface area is 121 Å². The quantitative estimate of drug-likeness (QED) is 0.881. The second-order valence-corrected chi connectivity index (χ2v) is 4.57. The van der Waals surface area contributed by atoms with Gasteiger partial charge in [-0.25, -0.2) is 4.98 Å². The third-order valence-corrected chi connectivity index (χ3v) is 2.76. The number of aryl methyl sites for hydroxylation is 1. The van der Waals surface area contributed by atoms with Crippen molar-refractivity contribution in [2.75, 3.05) is 5.32 Å². The van der Waals surface area contributed by atoms with Crippen LogP contribution in [0.5, 0.6) is 0 Å². The number of anilines is 2. The molecule has 0 fully saturated rings. The molecule has 2 heterocycles. The van der Waals surface area contributed by atoms with Gasteiger partial charge in [0, 0.05) is 11.8 Å². The number of nitrogens with two attached hydrogens (primary N) is 1. The van der Waals surface area contributed by atoms with Gasteiger partial charge in [0.2, 0.25) is 0 Å². The van der Waals surface area contributed by atoms with Gasteiger partial charge >= 0.3 is 0 Å². The molecule has 2 aromatic heterocycles. The molecule has 3 N–H and O–H groups in total. The van der Waals surface area contributed by atoms with Gasteiger partial charge in [-0.3, -0.25) is 4.79 Å². The molecule has 6 nitrogen and oxygen atoms in total. The Balaban J connectivity index is 2.31. The zero-order valence-electron chi connectivity index (χ0n) is 10.9. The fourth-order valence-corrected chi connectivity index (χ4v) is 1.87. The molecule has 2 rings (SSSR count). The van der Waals surface area contributed by atoms with E-state index in [1.165, 1.54) is 6.07 Å². The summed E-state index contributed by atoms with van der Waals surface area (Å²) in [6.45, 7) is 2.08. The van der Waals surface area contributed by atoms with E-state index >= 15 is 0 Å². The summed E-state index contributed by atoms with van der Waals surface area (Å²) in [7, 11) is 0. The van der Waals surface area contributed by atoms with Gasteiger partial charge in [0.1, 0.15) is 5.82 Å². The standard InChI is InChI=1S/C13H14ClN5O/c1-2-4-8-5-3-6-11(16-8)17-9-7-10(14)18-19-12(9)13(15)20/h3,5-7H,2,4H2,1H3,(H2,15,20)(H,16,17,18). The Morgan fingerprint density at radius 3 is 2.90 bits per heavy atom. The number of amides is 1. The number of hydrogen-bond donors (Lipinski definition) is 2. The van der Waals surface area contributed by atoms with Crippen LogP contribution in [0.3, 0.4) is 0 Å². The zero-order chi connectivity index (χ0) is 14.5. The first-order valence-electron chi connectivity index (χ1n) is 6.16. The van der Waals surface area contributed by atoms with Gasteiger partial charge < -0.3 is 11.1 Å². The highest BCUT2D eigenvalue weighted by molar-refractivity contribution is 6.29. The summed E-state index contributed by atoms with van der Waals surface area (Å²) in [4.78, 5) is 15.7. The van der Waals surface area contributed by atoms with E-state index in [-0.39, 0.29) is 10.8 Å². The van der Waals surface area contributed by atoms with Gasteiger partial charge in [-0.1, -0.05) is 31.0 Å². The van der Waals surface area contributed by atoms with Crippen molar-refractivity contribution in [3.63, 3.8) is 0 Å². The van der Waals surface area contributed by atoms with Crippen LogP contribution in [-0.2, 0) is 6.42 Å². The molecule has 0 atom stereocenters. The van der Waals surface area contributed by atoms with E-state index < -0.39 is 5.91 Å². The molecule has 7 heteroatoms.